The number of nitrogen functional groups attached to an aromatic ring is 1. The lowest BCUT2D eigenvalue weighted by Crippen LogP contribution is -2.09. The predicted octanol–water partition coefficient (Wildman–Crippen LogP) is 2.90. The molecule has 3 nitrogen and oxygen atoms in total. The lowest BCUT2D eigenvalue weighted by atomic mass is 10.1. The molecule has 3 N–H and O–H groups in total. The maximum atomic E-state index is 13.5. The molecule has 0 saturated carbocycles. The fraction of sp³-hybridized carbons (Fsp3) is 0.214. The van der Waals surface area contributed by atoms with Crippen molar-refractivity contribution in [3.05, 3.63) is 53.5 Å². The Morgan fingerprint density at radius 2 is 2.22 bits per heavy atom. The summed E-state index contributed by atoms with van der Waals surface area (Å²) in [5.74, 6) is -0.00595. The number of nitrogens with two attached hydrogens (primary N) is 1. The zero-order valence-electron chi connectivity index (χ0n) is 9.86. The van der Waals surface area contributed by atoms with Gasteiger partial charge in [-0.25, -0.2) is 9.37 Å². The van der Waals surface area contributed by atoms with Crippen LogP contribution in [-0.2, 0) is 6.42 Å². The minimum atomic E-state index is -0.318. The average Bonchev–Trinajstić information content (AvgIpc) is 2.74. The van der Waals surface area contributed by atoms with Gasteiger partial charge in [0.15, 0.2) is 11.6 Å². The first-order valence-electron chi connectivity index (χ1n) is 5.99. The van der Waals surface area contributed by atoms with Gasteiger partial charge in [0.25, 0.3) is 0 Å². The smallest absolute Gasteiger partial charge is 0.165 e. The highest BCUT2D eigenvalue weighted by Crippen LogP contribution is 2.34. The minimum Gasteiger partial charge on any atom is -0.399 e. The maximum absolute atomic E-state index is 13.5. The standard InChI is InChI=1S/C14H14FN3/c15-12-2-1-7-17-14(12)18-13-6-3-9-8-10(16)4-5-11(9)13/h1-2,4-5,7-8,13H,3,6,16H2,(H,17,18). The molecule has 0 radical (unpaired) electrons. The summed E-state index contributed by atoms with van der Waals surface area (Å²) in [7, 11) is 0. The Hall–Kier alpha value is -2.10. The van der Waals surface area contributed by atoms with Gasteiger partial charge in [-0.3, -0.25) is 0 Å². The number of rotatable bonds is 2. The molecule has 1 aromatic heterocycles. The lowest BCUT2D eigenvalue weighted by molar-refractivity contribution is 0.618. The molecule has 0 aliphatic heterocycles. The number of benzene rings is 1. The number of aromatic nitrogens is 1. The lowest BCUT2D eigenvalue weighted by Gasteiger charge is -2.15. The normalized spacial score (nSPS) is 17.5. The molecule has 1 unspecified atom stereocenters. The van der Waals surface area contributed by atoms with Gasteiger partial charge in [-0.05, 0) is 48.2 Å². The van der Waals surface area contributed by atoms with Crippen molar-refractivity contribution >= 4 is 11.5 Å². The maximum Gasteiger partial charge on any atom is 0.165 e. The molecule has 0 spiro atoms. The van der Waals surface area contributed by atoms with E-state index in [1.807, 2.05) is 18.2 Å². The number of hydrogen-bond acceptors (Lipinski definition) is 3. The molecule has 1 aliphatic carbocycles. The first kappa shape index (κ1) is 11.0. The Morgan fingerprint density at radius 1 is 1.33 bits per heavy atom. The number of halogens is 1. The fourth-order valence-electron chi connectivity index (χ4n) is 2.44. The molecule has 1 aromatic carbocycles. The third kappa shape index (κ3) is 1.90. The second-order valence-corrected chi connectivity index (χ2v) is 4.53. The Bertz CT molecular complexity index is 583. The van der Waals surface area contributed by atoms with E-state index in [1.54, 1.807) is 12.3 Å². The van der Waals surface area contributed by atoms with Crippen LogP contribution in [0.1, 0.15) is 23.6 Å². The van der Waals surface area contributed by atoms with Crippen LogP contribution in [0.15, 0.2) is 36.5 Å². The summed E-state index contributed by atoms with van der Waals surface area (Å²) in [6, 6.07) is 9.00. The van der Waals surface area contributed by atoms with E-state index in [1.165, 1.54) is 17.2 Å². The highest BCUT2D eigenvalue weighted by Gasteiger charge is 2.23. The van der Waals surface area contributed by atoms with Crippen LogP contribution in [0.3, 0.4) is 0 Å². The van der Waals surface area contributed by atoms with Crippen LogP contribution >= 0.6 is 0 Å². The van der Waals surface area contributed by atoms with Gasteiger partial charge in [-0.1, -0.05) is 6.07 Å². The van der Waals surface area contributed by atoms with Gasteiger partial charge < -0.3 is 11.1 Å². The van der Waals surface area contributed by atoms with Crippen molar-refractivity contribution < 1.29 is 4.39 Å². The van der Waals surface area contributed by atoms with Crippen molar-refractivity contribution in [1.82, 2.24) is 4.98 Å². The summed E-state index contributed by atoms with van der Waals surface area (Å²) in [5.41, 5.74) is 8.97. The number of anilines is 2. The molecule has 18 heavy (non-hydrogen) atoms. The monoisotopic (exact) mass is 243 g/mol. The van der Waals surface area contributed by atoms with Crippen LogP contribution in [0.25, 0.3) is 0 Å². The highest BCUT2D eigenvalue weighted by atomic mass is 19.1. The highest BCUT2D eigenvalue weighted by molar-refractivity contribution is 5.50. The van der Waals surface area contributed by atoms with Crippen LogP contribution in [-0.4, -0.2) is 4.98 Å². The van der Waals surface area contributed by atoms with E-state index in [0.29, 0.717) is 5.82 Å². The van der Waals surface area contributed by atoms with Crippen LogP contribution < -0.4 is 11.1 Å². The van der Waals surface area contributed by atoms with Gasteiger partial charge in [0.2, 0.25) is 0 Å². The minimum absolute atomic E-state index is 0.116. The van der Waals surface area contributed by atoms with E-state index in [9.17, 15) is 4.39 Å². The number of fused-ring (bicyclic) bond motifs is 1. The number of pyridine rings is 1. The fourth-order valence-corrected chi connectivity index (χ4v) is 2.44. The van der Waals surface area contributed by atoms with Crippen LogP contribution in [0, 0.1) is 5.82 Å². The predicted molar refractivity (Wildman–Crippen MR) is 69.7 cm³/mol. The summed E-state index contributed by atoms with van der Waals surface area (Å²) in [6.07, 6.45) is 3.49. The van der Waals surface area contributed by atoms with Crippen molar-refractivity contribution in [2.24, 2.45) is 0 Å². The zero-order chi connectivity index (χ0) is 12.5. The second kappa shape index (κ2) is 4.29. The molecule has 0 fully saturated rings. The van der Waals surface area contributed by atoms with Gasteiger partial charge in [-0.15, -0.1) is 0 Å². The zero-order valence-corrected chi connectivity index (χ0v) is 9.86. The Kier molecular flexibility index (Phi) is 2.63. The summed E-state index contributed by atoms with van der Waals surface area (Å²) in [6.45, 7) is 0. The van der Waals surface area contributed by atoms with E-state index >= 15 is 0 Å². The molecule has 3 rings (SSSR count). The molecular weight excluding hydrogens is 229 g/mol. The van der Waals surface area contributed by atoms with E-state index in [4.69, 9.17) is 5.73 Å². The Balaban J connectivity index is 1.87. The third-order valence-corrected chi connectivity index (χ3v) is 3.31. The molecule has 1 heterocycles. The van der Waals surface area contributed by atoms with Crippen molar-refractivity contribution in [1.29, 1.82) is 0 Å². The molecule has 0 amide bonds. The largest absolute Gasteiger partial charge is 0.399 e. The van der Waals surface area contributed by atoms with E-state index in [0.717, 1.165) is 18.5 Å². The molecule has 2 aromatic rings. The topological polar surface area (TPSA) is 50.9 Å². The summed E-state index contributed by atoms with van der Waals surface area (Å²) >= 11 is 0. The van der Waals surface area contributed by atoms with Crippen LogP contribution in [0.4, 0.5) is 15.9 Å². The van der Waals surface area contributed by atoms with Crippen molar-refractivity contribution in [3.63, 3.8) is 0 Å². The Morgan fingerprint density at radius 3 is 3.06 bits per heavy atom. The summed E-state index contributed by atoms with van der Waals surface area (Å²) in [5, 5.41) is 3.16. The summed E-state index contributed by atoms with van der Waals surface area (Å²) in [4.78, 5) is 4.02. The molecule has 92 valence electrons. The van der Waals surface area contributed by atoms with Gasteiger partial charge in [-0.2, -0.15) is 0 Å². The average molecular weight is 243 g/mol. The number of hydrogen-bond donors (Lipinski definition) is 2. The Labute approximate surface area is 105 Å². The molecule has 0 saturated heterocycles. The number of nitrogens with one attached hydrogen (secondary N) is 1. The summed E-state index contributed by atoms with van der Waals surface area (Å²) < 4.78 is 13.5. The van der Waals surface area contributed by atoms with E-state index in [-0.39, 0.29) is 11.9 Å². The van der Waals surface area contributed by atoms with Crippen molar-refractivity contribution in [2.75, 3.05) is 11.1 Å². The first-order valence-corrected chi connectivity index (χ1v) is 5.99. The van der Waals surface area contributed by atoms with E-state index in [2.05, 4.69) is 10.3 Å². The molecular formula is C14H14FN3. The molecule has 1 aliphatic rings. The number of aryl methyl sites for hydroxylation is 1. The van der Waals surface area contributed by atoms with Gasteiger partial charge in [0.1, 0.15) is 0 Å². The van der Waals surface area contributed by atoms with Crippen molar-refractivity contribution in [2.45, 2.75) is 18.9 Å². The quantitative estimate of drug-likeness (QED) is 0.797. The SMILES string of the molecule is Nc1ccc2c(c1)CCC2Nc1ncccc1F. The molecule has 1 atom stereocenters. The third-order valence-electron chi connectivity index (χ3n) is 3.31. The molecule has 0 bridgehead atoms. The van der Waals surface area contributed by atoms with Gasteiger partial charge in [0.05, 0.1) is 6.04 Å². The molecule has 4 heteroatoms. The van der Waals surface area contributed by atoms with Gasteiger partial charge in [0, 0.05) is 11.9 Å². The number of nitrogens with zero attached hydrogens (tertiary/aromatic N) is 1. The second-order valence-electron chi connectivity index (χ2n) is 4.53. The van der Waals surface area contributed by atoms with Crippen LogP contribution in [0.5, 0.6) is 0 Å². The first-order chi connectivity index (χ1) is 8.74. The van der Waals surface area contributed by atoms with Crippen molar-refractivity contribution in [3.8, 4) is 0 Å². The van der Waals surface area contributed by atoms with Gasteiger partial charge >= 0.3 is 0 Å². The van der Waals surface area contributed by atoms with Crippen LogP contribution in [0.2, 0.25) is 0 Å². The van der Waals surface area contributed by atoms with E-state index < -0.39 is 0 Å².